The molecule has 8 nitrogen and oxygen atoms in total. The van der Waals surface area contributed by atoms with E-state index in [1.54, 1.807) is 31.4 Å². The second-order valence-electron chi connectivity index (χ2n) is 6.54. The summed E-state index contributed by atoms with van der Waals surface area (Å²) in [5, 5.41) is 23.7. The van der Waals surface area contributed by atoms with Crippen LogP contribution < -0.4 is 10.6 Å². The van der Waals surface area contributed by atoms with E-state index in [9.17, 15) is 4.79 Å². The summed E-state index contributed by atoms with van der Waals surface area (Å²) in [6.45, 7) is 1.84. The SMILES string of the molecule is CNc1cc(Cl)ccc1C(=N)c1cnc2[nH]cc(C(=O)N[C@H](C)CCC#N)c2n1. The number of aromatic amines is 1. The Morgan fingerprint density at radius 3 is 2.93 bits per heavy atom. The van der Waals surface area contributed by atoms with Crippen LogP contribution in [0, 0.1) is 16.7 Å². The Morgan fingerprint density at radius 1 is 1.41 bits per heavy atom. The van der Waals surface area contributed by atoms with E-state index in [-0.39, 0.29) is 17.7 Å². The van der Waals surface area contributed by atoms with Gasteiger partial charge in [0.2, 0.25) is 0 Å². The summed E-state index contributed by atoms with van der Waals surface area (Å²) in [4.78, 5) is 24.4. The fraction of sp³-hybridized carbons (Fsp3) is 0.250. The highest BCUT2D eigenvalue weighted by Crippen LogP contribution is 2.24. The number of halogens is 1. The quantitative estimate of drug-likeness (QED) is 0.443. The molecule has 2 aromatic heterocycles. The third kappa shape index (κ3) is 4.36. The van der Waals surface area contributed by atoms with Gasteiger partial charge in [0.05, 0.1) is 23.5 Å². The van der Waals surface area contributed by atoms with Gasteiger partial charge in [0, 0.05) is 42.0 Å². The first-order valence-corrected chi connectivity index (χ1v) is 9.41. The molecule has 0 saturated carbocycles. The van der Waals surface area contributed by atoms with Gasteiger partial charge < -0.3 is 15.6 Å². The van der Waals surface area contributed by atoms with Crippen LogP contribution in [0.1, 0.15) is 41.4 Å². The van der Waals surface area contributed by atoms with Crippen LogP contribution in [0.15, 0.2) is 30.6 Å². The van der Waals surface area contributed by atoms with E-state index in [0.29, 0.717) is 51.5 Å². The van der Waals surface area contributed by atoms with Crippen molar-refractivity contribution < 1.29 is 4.79 Å². The normalized spacial score (nSPS) is 11.7. The summed E-state index contributed by atoms with van der Waals surface area (Å²) in [7, 11) is 1.75. The van der Waals surface area contributed by atoms with Gasteiger partial charge in [-0.3, -0.25) is 10.2 Å². The third-order valence-electron chi connectivity index (χ3n) is 4.47. The van der Waals surface area contributed by atoms with Crippen molar-refractivity contribution in [3.8, 4) is 6.07 Å². The van der Waals surface area contributed by atoms with Gasteiger partial charge >= 0.3 is 0 Å². The summed E-state index contributed by atoms with van der Waals surface area (Å²) >= 11 is 6.03. The van der Waals surface area contributed by atoms with E-state index >= 15 is 0 Å². The summed E-state index contributed by atoms with van der Waals surface area (Å²) < 4.78 is 0. The fourth-order valence-electron chi connectivity index (χ4n) is 2.92. The Hall–Kier alpha value is -3.44. The van der Waals surface area contributed by atoms with Crippen LogP contribution in [-0.2, 0) is 0 Å². The van der Waals surface area contributed by atoms with E-state index in [2.05, 4.69) is 31.7 Å². The first kappa shape index (κ1) is 20.3. The highest BCUT2D eigenvalue weighted by Gasteiger charge is 2.19. The molecule has 2 heterocycles. The number of amides is 1. The van der Waals surface area contributed by atoms with Gasteiger partial charge in [0.25, 0.3) is 5.91 Å². The van der Waals surface area contributed by atoms with Crippen LogP contribution in [0.5, 0.6) is 0 Å². The third-order valence-corrected chi connectivity index (χ3v) is 4.70. The first-order chi connectivity index (χ1) is 13.9. The number of H-pyrrole nitrogens is 1. The number of hydrogen-bond donors (Lipinski definition) is 4. The molecule has 0 unspecified atom stereocenters. The van der Waals surface area contributed by atoms with E-state index in [1.807, 2.05) is 6.92 Å². The fourth-order valence-corrected chi connectivity index (χ4v) is 3.09. The van der Waals surface area contributed by atoms with Gasteiger partial charge in [0.1, 0.15) is 11.2 Å². The number of nitrogens with one attached hydrogen (secondary N) is 4. The van der Waals surface area contributed by atoms with Gasteiger partial charge in [-0.1, -0.05) is 11.6 Å². The van der Waals surface area contributed by atoms with Crippen molar-refractivity contribution in [3.63, 3.8) is 0 Å². The summed E-state index contributed by atoms with van der Waals surface area (Å²) in [5.41, 5.74) is 3.01. The van der Waals surface area contributed by atoms with Crippen molar-refractivity contribution in [1.82, 2.24) is 20.3 Å². The molecular weight excluding hydrogens is 390 g/mol. The summed E-state index contributed by atoms with van der Waals surface area (Å²) in [6.07, 6.45) is 3.97. The molecule has 0 fully saturated rings. The minimum Gasteiger partial charge on any atom is -0.388 e. The lowest BCUT2D eigenvalue weighted by Crippen LogP contribution is -2.32. The number of rotatable bonds is 7. The molecule has 4 N–H and O–H groups in total. The molecule has 3 aromatic rings. The minimum atomic E-state index is -0.304. The Kier molecular flexibility index (Phi) is 6.10. The molecule has 1 amide bonds. The van der Waals surface area contributed by atoms with Gasteiger partial charge in [-0.15, -0.1) is 0 Å². The number of carbonyl (C=O) groups is 1. The molecule has 29 heavy (non-hydrogen) atoms. The Labute approximate surface area is 172 Å². The highest BCUT2D eigenvalue weighted by atomic mass is 35.5. The van der Waals surface area contributed by atoms with Crippen molar-refractivity contribution in [2.75, 3.05) is 12.4 Å². The second kappa shape index (κ2) is 8.71. The molecule has 1 aromatic carbocycles. The van der Waals surface area contributed by atoms with Crippen molar-refractivity contribution in [3.05, 3.63) is 52.4 Å². The van der Waals surface area contributed by atoms with Crippen LogP contribution in [0.3, 0.4) is 0 Å². The van der Waals surface area contributed by atoms with E-state index < -0.39 is 0 Å². The van der Waals surface area contributed by atoms with Crippen LogP contribution in [0.4, 0.5) is 5.69 Å². The van der Waals surface area contributed by atoms with Crippen LogP contribution in [0.2, 0.25) is 5.02 Å². The van der Waals surface area contributed by atoms with Gasteiger partial charge in [0.15, 0.2) is 5.65 Å². The maximum Gasteiger partial charge on any atom is 0.255 e. The Balaban J connectivity index is 1.92. The molecular formula is C20H20ClN7O. The Morgan fingerprint density at radius 2 is 2.21 bits per heavy atom. The standard InChI is InChI=1S/C20H20ClN7O/c1-11(4-3-7-22)27-20(29)14-9-25-19-18(14)28-16(10-26-19)17(23)13-6-5-12(21)8-15(13)24-2/h5-6,8-11,23-24H,3-4H2,1-2H3,(H,25,26)(H,27,29)/t11-/m1/s1. The summed E-state index contributed by atoms with van der Waals surface area (Å²) in [6, 6.07) is 7.10. The number of nitrogens with zero attached hydrogens (tertiary/aromatic N) is 3. The minimum absolute atomic E-state index is 0.145. The molecule has 3 rings (SSSR count). The molecule has 0 aliphatic carbocycles. The number of aromatic nitrogens is 3. The maximum absolute atomic E-state index is 12.6. The zero-order valence-electron chi connectivity index (χ0n) is 16.0. The number of nitriles is 1. The number of fused-ring (bicyclic) bond motifs is 1. The number of anilines is 1. The van der Waals surface area contributed by atoms with Gasteiger partial charge in [-0.25, -0.2) is 9.97 Å². The predicted molar refractivity (Wildman–Crippen MR) is 113 cm³/mol. The number of benzene rings is 1. The lowest BCUT2D eigenvalue weighted by atomic mass is 10.1. The molecule has 148 valence electrons. The van der Waals surface area contributed by atoms with Crippen molar-refractivity contribution >= 4 is 40.1 Å². The molecule has 0 aliphatic heterocycles. The van der Waals surface area contributed by atoms with Crippen molar-refractivity contribution in [2.24, 2.45) is 0 Å². The molecule has 0 spiro atoms. The van der Waals surface area contributed by atoms with Crippen LogP contribution in [-0.4, -0.2) is 39.7 Å². The number of carbonyl (C=O) groups excluding carboxylic acids is 1. The smallest absolute Gasteiger partial charge is 0.255 e. The zero-order chi connectivity index (χ0) is 21.0. The molecule has 0 radical (unpaired) electrons. The summed E-state index contributed by atoms with van der Waals surface area (Å²) in [5.74, 6) is -0.304. The molecule has 0 saturated heterocycles. The van der Waals surface area contributed by atoms with E-state index in [4.69, 9.17) is 22.3 Å². The average molecular weight is 410 g/mol. The van der Waals surface area contributed by atoms with Crippen LogP contribution in [0.25, 0.3) is 11.2 Å². The maximum atomic E-state index is 12.6. The second-order valence-corrected chi connectivity index (χ2v) is 6.98. The first-order valence-electron chi connectivity index (χ1n) is 9.03. The molecule has 0 bridgehead atoms. The van der Waals surface area contributed by atoms with Crippen molar-refractivity contribution in [1.29, 1.82) is 10.7 Å². The molecule has 0 aliphatic rings. The predicted octanol–water partition coefficient (Wildman–Crippen LogP) is 3.49. The van der Waals surface area contributed by atoms with Crippen molar-refractivity contribution in [2.45, 2.75) is 25.8 Å². The highest BCUT2D eigenvalue weighted by molar-refractivity contribution is 6.31. The van der Waals surface area contributed by atoms with Crippen LogP contribution >= 0.6 is 11.6 Å². The topological polar surface area (TPSA) is 130 Å². The molecule has 1 atom stereocenters. The van der Waals surface area contributed by atoms with E-state index in [1.165, 1.54) is 6.20 Å². The lowest BCUT2D eigenvalue weighted by molar-refractivity contribution is 0.0940. The number of hydrogen-bond acceptors (Lipinski definition) is 6. The monoisotopic (exact) mass is 409 g/mol. The zero-order valence-corrected chi connectivity index (χ0v) is 16.8. The lowest BCUT2D eigenvalue weighted by Gasteiger charge is -2.12. The molecule has 9 heteroatoms. The van der Waals surface area contributed by atoms with E-state index in [0.717, 1.165) is 0 Å². The largest absolute Gasteiger partial charge is 0.388 e. The van der Waals surface area contributed by atoms with Gasteiger partial charge in [-0.2, -0.15) is 5.26 Å². The average Bonchev–Trinajstić information content (AvgIpc) is 3.15. The Bertz CT molecular complexity index is 1120. The van der Waals surface area contributed by atoms with Gasteiger partial charge in [-0.05, 0) is 31.5 Å².